The van der Waals surface area contributed by atoms with E-state index in [0.717, 1.165) is 29.2 Å². The van der Waals surface area contributed by atoms with E-state index >= 15 is 0 Å². The monoisotopic (exact) mass is 408 g/mol. The van der Waals surface area contributed by atoms with Crippen molar-refractivity contribution in [3.8, 4) is 11.3 Å². The van der Waals surface area contributed by atoms with Crippen molar-refractivity contribution in [2.75, 3.05) is 36.5 Å². The van der Waals surface area contributed by atoms with Crippen molar-refractivity contribution < 1.29 is 9.53 Å². The smallest absolute Gasteiger partial charge is 0.261 e. The molecule has 7 heteroatoms. The number of pyridine rings is 1. The Balaban J connectivity index is 1.61. The molecular formula is C22H24N4O2S. The average molecular weight is 409 g/mol. The van der Waals surface area contributed by atoms with Crippen molar-refractivity contribution in [2.45, 2.75) is 19.8 Å². The number of thiazole rings is 1. The lowest BCUT2D eigenvalue weighted by Gasteiger charge is -2.29. The fourth-order valence-electron chi connectivity index (χ4n) is 3.35. The summed E-state index contributed by atoms with van der Waals surface area (Å²) in [5, 5.41) is 3.60. The number of carbonyl (C=O) groups excluding carboxylic acids is 1. The lowest BCUT2D eigenvalue weighted by Crippen LogP contribution is -2.38. The Morgan fingerprint density at radius 2 is 1.90 bits per heavy atom. The molecule has 1 amide bonds. The van der Waals surface area contributed by atoms with Gasteiger partial charge in [-0.05, 0) is 18.1 Å². The molecule has 0 atom stereocenters. The maximum Gasteiger partial charge on any atom is 0.261 e. The Labute approximate surface area is 174 Å². The van der Waals surface area contributed by atoms with Gasteiger partial charge in [0.1, 0.15) is 5.82 Å². The van der Waals surface area contributed by atoms with Crippen LogP contribution in [0.25, 0.3) is 11.3 Å². The molecule has 0 radical (unpaired) electrons. The fourth-order valence-corrected chi connectivity index (χ4v) is 4.33. The first-order valence-corrected chi connectivity index (χ1v) is 10.6. The first kappa shape index (κ1) is 19.5. The molecule has 1 N–H and O–H groups in total. The number of morpholine rings is 1. The van der Waals surface area contributed by atoms with Gasteiger partial charge >= 0.3 is 0 Å². The molecule has 3 aromatic rings. The van der Waals surface area contributed by atoms with E-state index in [-0.39, 0.29) is 5.91 Å². The zero-order valence-electron chi connectivity index (χ0n) is 16.6. The fraction of sp³-hybridized carbons (Fsp3) is 0.318. The second-order valence-corrected chi connectivity index (χ2v) is 8.21. The van der Waals surface area contributed by atoms with Gasteiger partial charge < -0.3 is 9.64 Å². The second-order valence-electron chi connectivity index (χ2n) is 7.18. The lowest BCUT2D eigenvalue weighted by atomic mass is 10.1. The van der Waals surface area contributed by atoms with Crippen molar-refractivity contribution in [3.63, 3.8) is 0 Å². The highest BCUT2D eigenvalue weighted by Crippen LogP contribution is 2.36. The Hall–Kier alpha value is -2.77. The molecule has 0 saturated carbocycles. The van der Waals surface area contributed by atoms with Crippen molar-refractivity contribution in [2.24, 2.45) is 0 Å². The number of aromatic nitrogens is 2. The Bertz CT molecular complexity index is 981. The number of benzene rings is 1. The Morgan fingerprint density at radius 1 is 1.14 bits per heavy atom. The van der Waals surface area contributed by atoms with E-state index in [0.29, 0.717) is 35.6 Å². The molecule has 1 aliphatic heterocycles. The minimum Gasteiger partial charge on any atom is -0.378 e. The molecule has 4 rings (SSSR count). The number of nitrogens with zero attached hydrogens (tertiary/aromatic N) is 3. The second kappa shape index (κ2) is 8.71. The molecule has 3 heterocycles. The highest BCUT2D eigenvalue weighted by Gasteiger charge is 2.22. The van der Waals surface area contributed by atoms with Crippen LogP contribution in [0.4, 0.5) is 10.9 Å². The number of anilines is 2. The molecule has 0 bridgehead atoms. The molecule has 1 aliphatic rings. The standard InChI is InChI=1S/C22H24N4O2S/c1-15(2)19-18(16-7-4-3-5-8-16)24-22(29-19)25-21(27)17-9-6-10-23-20(17)26-11-13-28-14-12-26/h3-10,15H,11-14H2,1-2H3,(H,24,25,27). The predicted molar refractivity (Wildman–Crippen MR) is 117 cm³/mol. The molecule has 150 valence electrons. The molecule has 2 aromatic heterocycles. The lowest BCUT2D eigenvalue weighted by molar-refractivity contribution is 0.102. The first-order valence-electron chi connectivity index (χ1n) is 9.78. The largest absolute Gasteiger partial charge is 0.378 e. The Kier molecular flexibility index (Phi) is 5.87. The Morgan fingerprint density at radius 3 is 2.62 bits per heavy atom. The number of nitrogens with one attached hydrogen (secondary N) is 1. The van der Waals surface area contributed by atoms with Crippen LogP contribution in [0.15, 0.2) is 48.7 Å². The predicted octanol–water partition coefficient (Wildman–Crippen LogP) is 4.42. The zero-order valence-corrected chi connectivity index (χ0v) is 17.4. The number of carbonyl (C=O) groups is 1. The van der Waals surface area contributed by atoms with Gasteiger partial charge in [-0.15, -0.1) is 11.3 Å². The van der Waals surface area contributed by atoms with E-state index in [1.165, 1.54) is 11.3 Å². The van der Waals surface area contributed by atoms with Gasteiger partial charge in [0.05, 0.1) is 24.5 Å². The van der Waals surface area contributed by atoms with Gasteiger partial charge in [0.2, 0.25) is 0 Å². The normalized spacial score (nSPS) is 14.2. The van der Waals surface area contributed by atoms with Gasteiger partial charge in [0.25, 0.3) is 5.91 Å². The number of hydrogen-bond acceptors (Lipinski definition) is 6. The summed E-state index contributed by atoms with van der Waals surface area (Å²) >= 11 is 1.53. The maximum atomic E-state index is 13.1. The van der Waals surface area contributed by atoms with E-state index in [4.69, 9.17) is 9.72 Å². The molecule has 1 saturated heterocycles. The topological polar surface area (TPSA) is 67.4 Å². The molecule has 1 aromatic carbocycles. The van der Waals surface area contributed by atoms with Crippen LogP contribution in [0.1, 0.15) is 35.0 Å². The van der Waals surface area contributed by atoms with Crippen LogP contribution >= 0.6 is 11.3 Å². The number of hydrogen-bond donors (Lipinski definition) is 1. The summed E-state index contributed by atoms with van der Waals surface area (Å²) in [6, 6.07) is 13.7. The number of rotatable bonds is 5. The molecule has 0 aliphatic carbocycles. The van der Waals surface area contributed by atoms with Crippen molar-refractivity contribution >= 4 is 28.2 Å². The maximum absolute atomic E-state index is 13.1. The molecule has 6 nitrogen and oxygen atoms in total. The quantitative estimate of drug-likeness (QED) is 0.677. The van der Waals surface area contributed by atoms with E-state index in [1.54, 1.807) is 12.3 Å². The molecular weight excluding hydrogens is 384 g/mol. The van der Waals surface area contributed by atoms with Gasteiger partial charge in [-0.2, -0.15) is 0 Å². The van der Waals surface area contributed by atoms with Crippen LogP contribution in [-0.4, -0.2) is 42.2 Å². The van der Waals surface area contributed by atoms with Crippen LogP contribution in [0, 0.1) is 0 Å². The van der Waals surface area contributed by atoms with Crippen LogP contribution < -0.4 is 10.2 Å². The summed E-state index contributed by atoms with van der Waals surface area (Å²) < 4.78 is 5.42. The van der Waals surface area contributed by atoms with Crippen LogP contribution in [0.3, 0.4) is 0 Å². The summed E-state index contributed by atoms with van der Waals surface area (Å²) in [5.74, 6) is 0.816. The number of ether oxygens (including phenoxy) is 1. The third kappa shape index (κ3) is 4.31. The van der Waals surface area contributed by atoms with Gasteiger partial charge in [0, 0.05) is 29.7 Å². The highest BCUT2D eigenvalue weighted by molar-refractivity contribution is 7.16. The van der Waals surface area contributed by atoms with Crippen LogP contribution in [0.5, 0.6) is 0 Å². The molecule has 29 heavy (non-hydrogen) atoms. The van der Waals surface area contributed by atoms with E-state index < -0.39 is 0 Å². The van der Waals surface area contributed by atoms with Crippen molar-refractivity contribution in [3.05, 3.63) is 59.1 Å². The summed E-state index contributed by atoms with van der Waals surface area (Å²) in [6.45, 7) is 7.02. The zero-order chi connectivity index (χ0) is 20.2. The van der Waals surface area contributed by atoms with Gasteiger partial charge in [-0.1, -0.05) is 44.2 Å². The number of amides is 1. The molecule has 1 fully saturated rings. The van der Waals surface area contributed by atoms with E-state index in [1.807, 2.05) is 36.4 Å². The molecule has 0 unspecified atom stereocenters. The van der Waals surface area contributed by atoms with Crippen LogP contribution in [0.2, 0.25) is 0 Å². The highest BCUT2D eigenvalue weighted by atomic mass is 32.1. The minimum absolute atomic E-state index is 0.191. The first-order chi connectivity index (χ1) is 14.1. The third-order valence-corrected chi connectivity index (χ3v) is 6.06. The van der Waals surface area contributed by atoms with Gasteiger partial charge in [-0.25, -0.2) is 9.97 Å². The summed E-state index contributed by atoms with van der Waals surface area (Å²) in [6.07, 6.45) is 1.72. The summed E-state index contributed by atoms with van der Waals surface area (Å²) in [4.78, 5) is 25.5. The SMILES string of the molecule is CC(C)c1sc(NC(=O)c2cccnc2N2CCOCC2)nc1-c1ccccc1. The van der Waals surface area contributed by atoms with Crippen molar-refractivity contribution in [1.29, 1.82) is 0 Å². The molecule has 0 spiro atoms. The summed E-state index contributed by atoms with van der Waals surface area (Å²) in [5.41, 5.74) is 2.54. The minimum atomic E-state index is -0.191. The van der Waals surface area contributed by atoms with Gasteiger partial charge in [0.15, 0.2) is 5.13 Å². The average Bonchev–Trinajstić information content (AvgIpc) is 3.19. The van der Waals surface area contributed by atoms with E-state index in [2.05, 4.69) is 29.0 Å². The van der Waals surface area contributed by atoms with Crippen molar-refractivity contribution in [1.82, 2.24) is 9.97 Å². The van der Waals surface area contributed by atoms with E-state index in [9.17, 15) is 4.79 Å². The third-order valence-electron chi connectivity index (χ3n) is 4.79. The van der Waals surface area contributed by atoms with Gasteiger partial charge in [-0.3, -0.25) is 10.1 Å². The summed E-state index contributed by atoms with van der Waals surface area (Å²) in [7, 11) is 0. The van der Waals surface area contributed by atoms with Crippen LogP contribution in [-0.2, 0) is 4.74 Å².